The third-order valence-electron chi connectivity index (χ3n) is 3.82. The van der Waals surface area contributed by atoms with Crippen molar-refractivity contribution in [2.45, 2.75) is 19.5 Å². The summed E-state index contributed by atoms with van der Waals surface area (Å²) in [5.41, 5.74) is 0.627. The molecule has 1 fully saturated rings. The van der Waals surface area contributed by atoms with Crippen LogP contribution in [0.15, 0.2) is 53.1 Å². The van der Waals surface area contributed by atoms with Crippen molar-refractivity contribution in [3.05, 3.63) is 54.5 Å². The average Bonchev–Trinajstić information content (AvgIpc) is 3.17. The van der Waals surface area contributed by atoms with Crippen LogP contribution >= 0.6 is 0 Å². The van der Waals surface area contributed by atoms with E-state index >= 15 is 0 Å². The molecule has 2 aromatic rings. The molecule has 0 radical (unpaired) electrons. The smallest absolute Gasteiger partial charge is 0.332 e. The number of hydrogen-bond donors (Lipinski definition) is 1. The number of carbonyl (C=O) groups excluding carboxylic acids is 3. The zero-order valence-corrected chi connectivity index (χ0v) is 13.1. The number of urea groups is 1. The van der Waals surface area contributed by atoms with Crippen LogP contribution in [-0.2, 0) is 16.1 Å². The number of hydrogen-bond acceptors (Lipinski definition) is 4. The summed E-state index contributed by atoms with van der Waals surface area (Å²) in [5, 5.41) is 2.63. The summed E-state index contributed by atoms with van der Waals surface area (Å²) >= 11 is 0. The Bertz CT molecular complexity index is 742. The van der Waals surface area contributed by atoms with Crippen LogP contribution in [0.1, 0.15) is 12.7 Å². The number of nitrogens with zero attached hydrogens (tertiary/aromatic N) is 2. The number of furan rings is 1. The minimum Gasteiger partial charge on any atom is -0.467 e. The lowest BCUT2D eigenvalue weighted by Gasteiger charge is -2.19. The number of amides is 4. The van der Waals surface area contributed by atoms with E-state index in [1.165, 1.54) is 11.2 Å². The molecule has 1 aromatic heterocycles. The van der Waals surface area contributed by atoms with Crippen molar-refractivity contribution < 1.29 is 18.8 Å². The zero-order chi connectivity index (χ0) is 17.1. The Labute approximate surface area is 138 Å². The highest BCUT2D eigenvalue weighted by molar-refractivity contribution is 6.15. The third kappa shape index (κ3) is 3.01. The molecule has 1 aliphatic rings. The number of para-hydroxylation sites is 1. The number of anilines is 1. The number of nitrogens with one attached hydrogen (secondary N) is 1. The van der Waals surface area contributed by atoms with E-state index in [1.807, 2.05) is 6.07 Å². The molecule has 1 unspecified atom stereocenters. The molecule has 7 heteroatoms. The van der Waals surface area contributed by atoms with Crippen LogP contribution in [0.4, 0.5) is 10.5 Å². The van der Waals surface area contributed by atoms with Gasteiger partial charge in [-0.05, 0) is 31.2 Å². The van der Waals surface area contributed by atoms with Crippen molar-refractivity contribution in [3.8, 4) is 0 Å². The summed E-state index contributed by atoms with van der Waals surface area (Å²) in [7, 11) is 0. The van der Waals surface area contributed by atoms with E-state index in [2.05, 4.69) is 5.32 Å². The van der Waals surface area contributed by atoms with Crippen LogP contribution in [-0.4, -0.2) is 35.3 Å². The van der Waals surface area contributed by atoms with Gasteiger partial charge in [0.25, 0.3) is 5.91 Å². The third-order valence-corrected chi connectivity index (χ3v) is 3.82. The summed E-state index contributed by atoms with van der Waals surface area (Å²) in [4.78, 5) is 39.2. The molecule has 2 heterocycles. The Morgan fingerprint density at radius 3 is 2.58 bits per heavy atom. The maximum atomic E-state index is 12.5. The molecule has 3 rings (SSSR count). The summed E-state index contributed by atoms with van der Waals surface area (Å²) < 4.78 is 5.12. The number of rotatable bonds is 5. The molecule has 24 heavy (non-hydrogen) atoms. The van der Waals surface area contributed by atoms with Gasteiger partial charge < -0.3 is 9.73 Å². The quantitative estimate of drug-likeness (QED) is 0.848. The monoisotopic (exact) mass is 327 g/mol. The minimum absolute atomic E-state index is 0.208. The second kappa shape index (κ2) is 6.57. The van der Waals surface area contributed by atoms with E-state index < -0.39 is 23.9 Å². The summed E-state index contributed by atoms with van der Waals surface area (Å²) in [6.07, 6.45) is 1.51. The van der Waals surface area contributed by atoms with Gasteiger partial charge in [0.05, 0.1) is 12.8 Å². The van der Waals surface area contributed by atoms with Crippen LogP contribution in [0, 0.1) is 0 Å². The predicted octanol–water partition coefficient (Wildman–Crippen LogP) is 1.75. The predicted molar refractivity (Wildman–Crippen MR) is 86.0 cm³/mol. The number of benzene rings is 1. The van der Waals surface area contributed by atoms with E-state index in [0.29, 0.717) is 11.4 Å². The lowest BCUT2D eigenvalue weighted by atomic mass is 10.2. The van der Waals surface area contributed by atoms with Gasteiger partial charge in [0.2, 0.25) is 5.91 Å². The molecule has 1 aromatic carbocycles. The normalized spacial score (nSPS) is 17.5. The van der Waals surface area contributed by atoms with Crippen LogP contribution in [0.25, 0.3) is 0 Å². The van der Waals surface area contributed by atoms with Crippen LogP contribution in [0.2, 0.25) is 0 Å². The fourth-order valence-electron chi connectivity index (χ4n) is 2.59. The average molecular weight is 327 g/mol. The Balaban J connectivity index is 1.66. The van der Waals surface area contributed by atoms with Crippen molar-refractivity contribution in [2.75, 3.05) is 11.4 Å². The summed E-state index contributed by atoms with van der Waals surface area (Å²) in [6, 6.07) is 11.2. The van der Waals surface area contributed by atoms with E-state index in [9.17, 15) is 14.4 Å². The van der Waals surface area contributed by atoms with Gasteiger partial charge in [-0.2, -0.15) is 0 Å². The highest BCUT2D eigenvalue weighted by atomic mass is 16.3. The zero-order valence-electron chi connectivity index (χ0n) is 13.1. The molecule has 0 spiro atoms. The molecule has 4 amide bonds. The Kier molecular flexibility index (Phi) is 4.33. The second-order valence-electron chi connectivity index (χ2n) is 5.44. The van der Waals surface area contributed by atoms with Gasteiger partial charge in [0.1, 0.15) is 18.3 Å². The van der Waals surface area contributed by atoms with Gasteiger partial charge in [0.15, 0.2) is 0 Å². The largest absolute Gasteiger partial charge is 0.467 e. The lowest BCUT2D eigenvalue weighted by molar-refractivity contribution is -0.131. The standard InChI is InChI=1S/C17H17N3O4/c1-12-16(22)19(11-15(21)18-10-14-8-5-9-24-14)17(23)20(12)13-6-3-2-4-7-13/h2-9,12H,10-11H2,1H3,(H,18,21). The van der Waals surface area contributed by atoms with Gasteiger partial charge in [0, 0.05) is 5.69 Å². The first kappa shape index (κ1) is 15.8. The molecular weight excluding hydrogens is 310 g/mol. The van der Waals surface area contributed by atoms with Crippen molar-refractivity contribution in [1.82, 2.24) is 10.2 Å². The molecule has 0 aliphatic carbocycles. The molecule has 1 aliphatic heterocycles. The lowest BCUT2D eigenvalue weighted by Crippen LogP contribution is -2.41. The maximum absolute atomic E-state index is 12.5. The molecule has 124 valence electrons. The van der Waals surface area contributed by atoms with Gasteiger partial charge in [-0.3, -0.25) is 19.4 Å². The van der Waals surface area contributed by atoms with E-state index in [1.54, 1.807) is 43.3 Å². The maximum Gasteiger partial charge on any atom is 0.332 e. The van der Waals surface area contributed by atoms with Crippen molar-refractivity contribution >= 4 is 23.5 Å². The highest BCUT2D eigenvalue weighted by Gasteiger charge is 2.43. The molecule has 0 saturated carbocycles. The van der Waals surface area contributed by atoms with Crippen LogP contribution in [0.5, 0.6) is 0 Å². The van der Waals surface area contributed by atoms with Crippen LogP contribution in [0.3, 0.4) is 0 Å². The highest BCUT2D eigenvalue weighted by Crippen LogP contribution is 2.25. The molecule has 1 atom stereocenters. The van der Waals surface area contributed by atoms with E-state index in [4.69, 9.17) is 4.42 Å². The SMILES string of the molecule is CC1C(=O)N(CC(=O)NCc2ccco2)C(=O)N1c1ccccc1. The van der Waals surface area contributed by atoms with Gasteiger partial charge in [-0.25, -0.2) is 4.79 Å². The molecule has 7 nitrogen and oxygen atoms in total. The van der Waals surface area contributed by atoms with Gasteiger partial charge in [-0.1, -0.05) is 18.2 Å². The summed E-state index contributed by atoms with van der Waals surface area (Å²) in [6.45, 7) is 1.54. The second-order valence-corrected chi connectivity index (χ2v) is 5.44. The Hall–Kier alpha value is -3.09. The van der Waals surface area contributed by atoms with E-state index in [-0.39, 0.29) is 13.1 Å². The Morgan fingerprint density at radius 2 is 1.92 bits per heavy atom. The molecular formula is C17H17N3O4. The van der Waals surface area contributed by atoms with E-state index in [0.717, 1.165) is 4.90 Å². The number of carbonyl (C=O) groups is 3. The van der Waals surface area contributed by atoms with Crippen molar-refractivity contribution in [2.24, 2.45) is 0 Å². The first-order valence-corrected chi connectivity index (χ1v) is 7.56. The van der Waals surface area contributed by atoms with Crippen molar-refractivity contribution in [3.63, 3.8) is 0 Å². The van der Waals surface area contributed by atoms with Crippen LogP contribution < -0.4 is 10.2 Å². The van der Waals surface area contributed by atoms with Crippen molar-refractivity contribution in [1.29, 1.82) is 0 Å². The molecule has 0 bridgehead atoms. The Morgan fingerprint density at radius 1 is 1.17 bits per heavy atom. The van der Waals surface area contributed by atoms with Gasteiger partial charge >= 0.3 is 6.03 Å². The minimum atomic E-state index is -0.641. The fourth-order valence-corrected chi connectivity index (χ4v) is 2.59. The molecule has 1 saturated heterocycles. The topological polar surface area (TPSA) is 82.9 Å². The van der Waals surface area contributed by atoms with Gasteiger partial charge in [-0.15, -0.1) is 0 Å². The summed E-state index contributed by atoms with van der Waals surface area (Å²) in [5.74, 6) is -0.214. The first-order valence-electron chi connectivity index (χ1n) is 7.56. The number of imide groups is 1. The molecule has 1 N–H and O–H groups in total. The fraction of sp³-hybridized carbons (Fsp3) is 0.235. The first-order chi connectivity index (χ1) is 11.6.